The molecule has 0 atom stereocenters. The molecule has 0 aliphatic rings. The Balaban J connectivity index is 1.72. The number of nitrogens with one attached hydrogen (secondary N) is 2. The molecule has 9 heteroatoms. The standard InChI is InChI=1S/C28H35N7O2/c1-7-35-19(4)23(17(2)33-35)16-34(6)28(37)22-15-27(32-25-9-8-20(36)14-21(22)25)26-11-10-24(18(3)31-26)30-13-12-29-5/h8-11,14-15,29-30,36H,7,12-13,16H2,1-6H3. The van der Waals surface area contributed by atoms with Gasteiger partial charge in [-0.15, -0.1) is 0 Å². The summed E-state index contributed by atoms with van der Waals surface area (Å²) in [5.41, 5.74) is 7.19. The summed E-state index contributed by atoms with van der Waals surface area (Å²) in [6, 6.07) is 10.6. The van der Waals surface area contributed by atoms with Crippen LogP contribution in [0.15, 0.2) is 36.4 Å². The molecule has 1 amide bonds. The Hall–Kier alpha value is -3.98. The SMILES string of the molecule is CCn1nc(C)c(CN(C)C(=O)c2cc(-c3ccc(NCCNC)c(C)n3)nc3ccc(O)cc23)c1C. The van der Waals surface area contributed by atoms with Crippen LogP contribution >= 0.6 is 0 Å². The summed E-state index contributed by atoms with van der Waals surface area (Å²) in [4.78, 5) is 25.0. The second-order valence-electron chi connectivity index (χ2n) is 9.24. The van der Waals surface area contributed by atoms with Crippen LogP contribution in [-0.4, -0.2) is 62.8 Å². The van der Waals surface area contributed by atoms with E-state index in [0.29, 0.717) is 34.4 Å². The first-order chi connectivity index (χ1) is 17.7. The lowest BCUT2D eigenvalue weighted by molar-refractivity contribution is 0.0786. The van der Waals surface area contributed by atoms with Crippen LogP contribution in [0.1, 0.15) is 39.9 Å². The van der Waals surface area contributed by atoms with Gasteiger partial charge >= 0.3 is 0 Å². The second-order valence-corrected chi connectivity index (χ2v) is 9.24. The molecule has 4 aromatic rings. The number of pyridine rings is 2. The monoisotopic (exact) mass is 501 g/mol. The molecule has 0 aliphatic heterocycles. The third kappa shape index (κ3) is 5.41. The van der Waals surface area contributed by atoms with Crippen LogP contribution in [0.3, 0.4) is 0 Å². The van der Waals surface area contributed by atoms with Gasteiger partial charge in [0.15, 0.2) is 0 Å². The fourth-order valence-corrected chi connectivity index (χ4v) is 4.52. The number of hydrogen-bond donors (Lipinski definition) is 3. The van der Waals surface area contributed by atoms with E-state index in [4.69, 9.17) is 9.97 Å². The number of carbonyl (C=O) groups excluding carboxylic acids is 1. The van der Waals surface area contributed by atoms with Crippen molar-refractivity contribution in [3.63, 3.8) is 0 Å². The molecule has 0 spiro atoms. The number of phenolic OH excluding ortho intramolecular Hbond substituents is 1. The number of aromatic hydroxyl groups is 1. The van der Waals surface area contributed by atoms with E-state index in [2.05, 4.69) is 22.7 Å². The fraction of sp³-hybridized carbons (Fsp3) is 0.357. The van der Waals surface area contributed by atoms with Crippen LogP contribution in [-0.2, 0) is 13.1 Å². The molecule has 4 rings (SSSR count). The number of hydrogen-bond acceptors (Lipinski definition) is 7. The lowest BCUT2D eigenvalue weighted by Gasteiger charge is -2.19. The zero-order valence-electron chi connectivity index (χ0n) is 22.4. The maximum Gasteiger partial charge on any atom is 0.254 e. The van der Waals surface area contributed by atoms with Crippen molar-refractivity contribution < 1.29 is 9.90 Å². The van der Waals surface area contributed by atoms with Gasteiger partial charge in [0.2, 0.25) is 0 Å². The lowest BCUT2D eigenvalue weighted by atomic mass is 10.0. The molecule has 0 saturated heterocycles. The first-order valence-corrected chi connectivity index (χ1v) is 12.5. The molecular formula is C28H35N7O2. The van der Waals surface area contributed by atoms with Crippen molar-refractivity contribution in [2.45, 2.75) is 40.8 Å². The number of carbonyl (C=O) groups is 1. The Kier molecular flexibility index (Phi) is 7.73. The van der Waals surface area contributed by atoms with Crippen molar-refractivity contribution in [2.24, 2.45) is 0 Å². The third-order valence-electron chi connectivity index (χ3n) is 6.63. The number of aromatic nitrogens is 4. The number of anilines is 1. The molecule has 1 aromatic carbocycles. The minimum absolute atomic E-state index is 0.0839. The van der Waals surface area contributed by atoms with Gasteiger partial charge in [-0.25, -0.2) is 9.97 Å². The lowest BCUT2D eigenvalue weighted by Crippen LogP contribution is -2.27. The van der Waals surface area contributed by atoms with Gasteiger partial charge in [0.05, 0.1) is 39.5 Å². The highest BCUT2D eigenvalue weighted by Gasteiger charge is 2.21. The molecule has 37 heavy (non-hydrogen) atoms. The average Bonchev–Trinajstić information content (AvgIpc) is 3.16. The first-order valence-electron chi connectivity index (χ1n) is 12.5. The molecule has 0 fully saturated rings. The number of rotatable bonds is 9. The van der Waals surface area contributed by atoms with Crippen molar-refractivity contribution >= 4 is 22.5 Å². The van der Waals surface area contributed by atoms with Crippen molar-refractivity contribution in [1.82, 2.24) is 30.0 Å². The van der Waals surface area contributed by atoms with Gasteiger partial charge in [-0.3, -0.25) is 9.48 Å². The summed E-state index contributed by atoms with van der Waals surface area (Å²) in [6.45, 7) is 10.8. The quantitative estimate of drug-likeness (QED) is 0.297. The van der Waals surface area contributed by atoms with Crippen molar-refractivity contribution in [2.75, 3.05) is 32.5 Å². The molecule has 0 unspecified atom stereocenters. The van der Waals surface area contributed by atoms with Crippen LogP contribution in [0.4, 0.5) is 5.69 Å². The minimum atomic E-state index is -0.163. The molecule has 0 saturated carbocycles. The molecule has 0 radical (unpaired) electrons. The molecule has 3 aromatic heterocycles. The number of fused-ring (bicyclic) bond motifs is 1. The number of aryl methyl sites for hydroxylation is 3. The molecule has 0 aliphatic carbocycles. The minimum Gasteiger partial charge on any atom is -0.508 e. The van der Waals surface area contributed by atoms with E-state index >= 15 is 0 Å². The van der Waals surface area contributed by atoms with Crippen LogP contribution in [0, 0.1) is 20.8 Å². The summed E-state index contributed by atoms with van der Waals surface area (Å²) in [6.07, 6.45) is 0. The normalized spacial score (nSPS) is 11.2. The Labute approximate surface area is 217 Å². The van der Waals surface area contributed by atoms with Gasteiger partial charge in [0, 0.05) is 49.9 Å². The maximum atomic E-state index is 13.8. The van der Waals surface area contributed by atoms with E-state index in [1.807, 2.05) is 44.6 Å². The molecule has 3 heterocycles. The molecular weight excluding hydrogens is 466 g/mol. The third-order valence-corrected chi connectivity index (χ3v) is 6.63. The summed E-state index contributed by atoms with van der Waals surface area (Å²) in [7, 11) is 3.70. The topological polar surface area (TPSA) is 108 Å². The van der Waals surface area contributed by atoms with Gasteiger partial charge in [0.25, 0.3) is 5.91 Å². The van der Waals surface area contributed by atoms with Crippen molar-refractivity contribution in [1.29, 1.82) is 0 Å². The predicted octanol–water partition coefficient (Wildman–Crippen LogP) is 4.05. The zero-order chi connectivity index (χ0) is 26.7. The van der Waals surface area contributed by atoms with Crippen LogP contribution < -0.4 is 10.6 Å². The highest BCUT2D eigenvalue weighted by molar-refractivity contribution is 6.07. The molecule has 9 nitrogen and oxygen atoms in total. The van der Waals surface area contributed by atoms with E-state index in [-0.39, 0.29) is 11.7 Å². The maximum absolute atomic E-state index is 13.8. The van der Waals surface area contributed by atoms with Crippen molar-refractivity contribution in [3.8, 4) is 17.1 Å². The Morgan fingerprint density at radius 3 is 2.49 bits per heavy atom. The number of likely N-dealkylation sites (N-methyl/N-ethyl adjacent to an activating group) is 1. The van der Waals surface area contributed by atoms with E-state index in [1.54, 1.807) is 36.2 Å². The number of nitrogens with zero attached hydrogens (tertiary/aromatic N) is 5. The number of phenols is 1. The highest BCUT2D eigenvalue weighted by Crippen LogP contribution is 2.29. The second kappa shape index (κ2) is 11.0. The predicted molar refractivity (Wildman–Crippen MR) is 147 cm³/mol. The van der Waals surface area contributed by atoms with E-state index in [1.165, 1.54) is 0 Å². The fourth-order valence-electron chi connectivity index (χ4n) is 4.52. The molecule has 194 valence electrons. The van der Waals surface area contributed by atoms with E-state index in [9.17, 15) is 9.90 Å². The van der Waals surface area contributed by atoms with Gasteiger partial charge in [-0.2, -0.15) is 5.10 Å². The largest absolute Gasteiger partial charge is 0.508 e. The average molecular weight is 502 g/mol. The Morgan fingerprint density at radius 2 is 1.81 bits per heavy atom. The van der Waals surface area contributed by atoms with Crippen LogP contribution in [0.5, 0.6) is 5.75 Å². The van der Waals surface area contributed by atoms with E-state index in [0.717, 1.165) is 48.0 Å². The zero-order valence-corrected chi connectivity index (χ0v) is 22.4. The smallest absolute Gasteiger partial charge is 0.254 e. The first kappa shape index (κ1) is 26.1. The van der Waals surface area contributed by atoms with Gasteiger partial charge < -0.3 is 20.6 Å². The van der Waals surface area contributed by atoms with E-state index < -0.39 is 0 Å². The summed E-state index contributed by atoms with van der Waals surface area (Å²) >= 11 is 0. The number of benzene rings is 1. The molecule has 0 bridgehead atoms. The van der Waals surface area contributed by atoms with Crippen LogP contribution in [0.2, 0.25) is 0 Å². The highest BCUT2D eigenvalue weighted by atomic mass is 16.3. The van der Waals surface area contributed by atoms with Crippen LogP contribution in [0.25, 0.3) is 22.3 Å². The Morgan fingerprint density at radius 1 is 1.03 bits per heavy atom. The molecule has 3 N–H and O–H groups in total. The van der Waals surface area contributed by atoms with Gasteiger partial charge in [0.1, 0.15) is 5.75 Å². The Bertz CT molecular complexity index is 1440. The van der Waals surface area contributed by atoms with Gasteiger partial charge in [-0.05, 0) is 71.1 Å². The summed E-state index contributed by atoms with van der Waals surface area (Å²) in [5.74, 6) is -0.0787. The summed E-state index contributed by atoms with van der Waals surface area (Å²) in [5, 5.41) is 21.8. The number of amides is 1. The van der Waals surface area contributed by atoms with Gasteiger partial charge in [-0.1, -0.05) is 0 Å². The summed E-state index contributed by atoms with van der Waals surface area (Å²) < 4.78 is 1.95. The van der Waals surface area contributed by atoms with Crippen molar-refractivity contribution in [3.05, 3.63) is 64.6 Å².